The average molecular weight is 256 g/mol. The zero-order valence-electron chi connectivity index (χ0n) is 10.8. The van der Waals surface area contributed by atoms with Crippen LogP contribution in [-0.4, -0.2) is 19.3 Å². The van der Waals surface area contributed by atoms with Crippen LogP contribution in [0, 0.1) is 17.0 Å². The summed E-state index contributed by atoms with van der Waals surface area (Å²) in [4.78, 5) is 0. The van der Waals surface area contributed by atoms with Gasteiger partial charge in [0.2, 0.25) is 0 Å². The third-order valence-electron chi connectivity index (χ3n) is 3.89. The van der Waals surface area contributed by atoms with Gasteiger partial charge in [0.05, 0.1) is 17.5 Å². The van der Waals surface area contributed by atoms with E-state index in [1.807, 2.05) is 13.8 Å². The number of methoxy groups -OCH3 is 1. The molecule has 0 aromatic heterocycles. The van der Waals surface area contributed by atoms with Gasteiger partial charge in [0.1, 0.15) is 5.82 Å². The smallest absolute Gasteiger partial charge is 0.151 e. The average Bonchev–Trinajstić information content (AvgIpc) is 2.29. The van der Waals surface area contributed by atoms with Crippen LogP contribution in [0.25, 0.3) is 0 Å². The molecule has 1 saturated carbocycles. The Labute approximate surface area is 105 Å². The summed E-state index contributed by atoms with van der Waals surface area (Å²) in [6.07, 6.45) is 0.941. The van der Waals surface area contributed by atoms with Gasteiger partial charge in [-0.2, -0.15) is 0 Å². The summed E-state index contributed by atoms with van der Waals surface area (Å²) in [5, 5.41) is 3.10. The van der Waals surface area contributed by atoms with E-state index in [0.29, 0.717) is 5.69 Å². The number of nitrogens with one attached hydrogen (secondary N) is 1. The molecule has 100 valence electrons. The Morgan fingerprint density at radius 2 is 2.06 bits per heavy atom. The highest BCUT2D eigenvalue weighted by Crippen LogP contribution is 2.44. The molecule has 0 aliphatic heterocycles. The molecule has 18 heavy (non-hydrogen) atoms. The topological polar surface area (TPSA) is 47.3 Å². The molecule has 5 heteroatoms. The Hall–Kier alpha value is -1.36. The zero-order chi connectivity index (χ0) is 13.5. The first kappa shape index (κ1) is 13.1. The molecule has 1 aliphatic rings. The van der Waals surface area contributed by atoms with Gasteiger partial charge in [-0.3, -0.25) is 0 Å². The van der Waals surface area contributed by atoms with E-state index in [4.69, 9.17) is 10.5 Å². The first-order valence-corrected chi connectivity index (χ1v) is 5.90. The summed E-state index contributed by atoms with van der Waals surface area (Å²) in [6, 6.07) is 2.09. The number of benzene rings is 1. The van der Waals surface area contributed by atoms with Crippen LogP contribution in [-0.2, 0) is 4.74 Å². The Morgan fingerprint density at radius 1 is 1.39 bits per heavy atom. The molecule has 1 aliphatic carbocycles. The predicted octanol–water partition coefficient (Wildman–Crippen LogP) is 2.77. The van der Waals surface area contributed by atoms with Gasteiger partial charge < -0.3 is 15.8 Å². The lowest BCUT2D eigenvalue weighted by Gasteiger charge is -2.51. The van der Waals surface area contributed by atoms with Gasteiger partial charge in [-0.25, -0.2) is 8.78 Å². The number of rotatable bonds is 3. The summed E-state index contributed by atoms with van der Waals surface area (Å²) < 4.78 is 31.8. The van der Waals surface area contributed by atoms with Crippen molar-refractivity contribution in [3.63, 3.8) is 0 Å². The van der Waals surface area contributed by atoms with Crippen molar-refractivity contribution in [3.8, 4) is 0 Å². The van der Waals surface area contributed by atoms with Crippen molar-refractivity contribution in [2.75, 3.05) is 18.2 Å². The van der Waals surface area contributed by atoms with Crippen molar-refractivity contribution >= 4 is 11.4 Å². The highest BCUT2D eigenvalue weighted by atomic mass is 19.1. The second kappa shape index (κ2) is 4.39. The van der Waals surface area contributed by atoms with E-state index < -0.39 is 11.6 Å². The van der Waals surface area contributed by atoms with E-state index in [1.54, 1.807) is 7.11 Å². The molecule has 3 nitrogen and oxygen atoms in total. The van der Waals surface area contributed by atoms with Crippen LogP contribution in [0.5, 0.6) is 0 Å². The van der Waals surface area contributed by atoms with Crippen LogP contribution in [0.2, 0.25) is 0 Å². The van der Waals surface area contributed by atoms with Gasteiger partial charge in [0, 0.05) is 24.6 Å². The van der Waals surface area contributed by atoms with Crippen molar-refractivity contribution in [1.82, 2.24) is 0 Å². The molecule has 1 aromatic rings. The molecule has 2 atom stereocenters. The largest absolute Gasteiger partial charge is 0.395 e. The molecule has 0 heterocycles. The predicted molar refractivity (Wildman–Crippen MR) is 67.4 cm³/mol. The van der Waals surface area contributed by atoms with Gasteiger partial charge in [-0.15, -0.1) is 0 Å². The number of ether oxygens (including phenoxy) is 1. The normalized spacial score (nSPS) is 25.6. The van der Waals surface area contributed by atoms with Gasteiger partial charge in [0.15, 0.2) is 5.82 Å². The maximum atomic E-state index is 13.3. The van der Waals surface area contributed by atoms with Gasteiger partial charge >= 0.3 is 0 Å². The second-order valence-electron chi connectivity index (χ2n) is 5.33. The number of hydrogen-bond acceptors (Lipinski definition) is 3. The summed E-state index contributed by atoms with van der Waals surface area (Å²) in [5.74, 6) is -1.37. The first-order valence-electron chi connectivity index (χ1n) is 5.90. The molecule has 2 rings (SSSR count). The molecular formula is C13H18F2N2O. The van der Waals surface area contributed by atoms with Crippen LogP contribution in [0.4, 0.5) is 20.2 Å². The zero-order valence-corrected chi connectivity index (χ0v) is 10.8. The maximum absolute atomic E-state index is 13.3. The molecule has 1 aromatic carbocycles. The Morgan fingerprint density at radius 3 is 2.61 bits per heavy atom. The number of anilines is 2. The van der Waals surface area contributed by atoms with E-state index in [1.165, 1.54) is 6.07 Å². The molecule has 1 fully saturated rings. The lowest BCUT2D eigenvalue weighted by molar-refractivity contribution is -0.0794. The molecule has 0 bridgehead atoms. The molecule has 0 amide bonds. The van der Waals surface area contributed by atoms with Crippen LogP contribution in [0.15, 0.2) is 12.1 Å². The number of nitrogen functional groups attached to an aromatic ring is 1. The van der Waals surface area contributed by atoms with Crippen LogP contribution < -0.4 is 11.1 Å². The van der Waals surface area contributed by atoms with Crippen LogP contribution in [0.3, 0.4) is 0 Å². The van der Waals surface area contributed by atoms with Gasteiger partial charge in [-0.1, -0.05) is 13.8 Å². The molecule has 3 N–H and O–H groups in total. The molecule has 0 spiro atoms. The standard InChI is InChI=1S/C13H18F2N2O/c1-13(2)10(6-11(13)18-3)17-9-5-7(14)4-8(15)12(9)16/h4-5,10-11,17H,6,16H2,1-3H3. The van der Waals surface area contributed by atoms with Crippen molar-refractivity contribution in [2.24, 2.45) is 5.41 Å². The molecular weight excluding hydrogens is 238 g/mol. The minimum absolute atomic E-state index is 0.0481. The second-order valence-corrected chi connectivity index (χ2v) is 5.33. The van der Waals surface area contributed by atoms with Crippen LogP contribution >= 0.6 is 0 Å². The third-order valence-corrected chi connectivity index (χ3v) is 3.89. The van der Waals surface area contributed by atoms with Crippen LogP contribution in [0.1, 0.15) is 20.3 Å². The number of hydrogen-bond donors (Lipinski definition) is 2. The van der Waals surface area contributed by atoms with Gasteiger partial charge in [0.25, 0.3) is 0 Å². The van der Waals surface area contributed by atoms with Crippen molar-refractivity contribution in [2.45, 2.75) is 32.4 Å². The van der Waals surface area contributed by atoms with E-state index in [9.17, 15) is 8.78 Å². The molecule has 0 radical (unpaired) electrons. The Balaban J connectivity index is 2.17. The van der Waals surface area contributed by atoms with Gasteiger partial charge in [-0.05, 0) is 12.5 Å². The fourth-order valence-electron chi connectivity index (χ4n) is 2.42. The Kier molecular flexibility index (Phi) is 3.19. The van der Waals surface area contributed by atoms with E-state index in [0.717, 1.165) is 12.5 Å². The summed E-state index contributed by atoms with van der Waals surface area (Å²) >= 11 is 0. The lowest BCUT2D eigenvalue weighted by Crippen LogP contribution is -2.57. The maximum Gasteiger partial charge on any atom is 0.151 e. The molecule has 2 unspecified atom stereocenters. The van der Waals surface area contributed by atoms with E-state index in [2.05, 4.69) is 5.32 Å². The highest BCUT2D eigenvalue weighted by Gasteiger charge is 2.48. The fourth-order valence-corrected chi connectivity index (χ4v) is 2.42. The van der Waals surface area contributed by atoms with Crippen molar-refractivity contribution in [3.05, 3.63) is 23.8 Å². The lowest BCUT2D eigenvalue weighted by atomic mass is 9.64. The fraction of sp³-hybridized carbons (Fsp3) is 0.538. The summed E-state index contributed by atoms with van der Waals surface area (Å²) in [6.45, 7) is 4.10. The summed E-state index contributed by atoms with van der Waals surface area (Å²) in [5.41, 5.74) is 5.76. The number of nitrogens with two attached hydrogens (primary N) is 1. The van der Waals surface area contributed by atoms with E-state index in [-0.39, 0.29) is 23.2 Å². The quantitative estimate of drug-likeness (QED) is 0.817. The molecule has 0 saturated heterocycles. The minimum atomic E-state index is -0.738. The van der Waals surface area contributed by atoms with E-state index >= 15 is 0 Å². The number of halogens is 2. The SMILES string of the molecule is COC1CC(Nc2cc(F)cc(F)c2N)C1(C)C. The van der Waals surface area contributed by atoms with Crippen molar-refractivity contribution < 1.29 is 13.5 Å². The first-order chi connectivity index (χ1) is 8.36. The minimum Gasteiger partial charge on any atom is -0.395 e. The Bertz CT molecular complexity index is 463. The summed E-state index contributed by atoms with van der Waals surface area (Å²) in [7, 11) is 1.67. The van der Waals surface area contributed by atoms with Crippen molar-refractivity contribution in [1.29, 1.82) is 0 Å². The highest BCUT2D eigenvalue weighted by molar-refractivity contribution is 5.67. The third kappa shape index (κ3) is 2.03. The monoisotopic (exact) mass is 256 g/mol.